The summed E-state index contributed by atoms with van der Waals surface area (Å²) in [6.45, 7) is -0.710. The summed E-state index contributed by atoms with van der Waals surface area (Å²) in [5.41, 5.74) is -3.85. The standard InChI is InChI=1S/C11H12N2O6/c1-2-11(18)6(5-14)19-9(8(11)16)13-7(15)3-4-12-10(13)17/h1,3-4,6,8-9,14,16,18H,5H2,(H,12,17)/t6-,8+,9?,11-/m1/s1/i1D. The van der Waals surface area contributed by atoms with E-state index in [0.29, 0.717) is 4.57 Å². The predicted molar refractivity (Wildman–Crippen MR) is 62.1 cm³/mol. The van der Waals surface area contributed by atoms with Crippen molar-refractivity contribution >= 4 is 0 Å². The van der Waals surface area contributed by atoms with Gasteiger partial charge in [0.25, 0.3) is 5.56 Å². The van der Waals surface area contributed by atoms with Gasteiger partial charge in [-0.25, -0.2) is 9.36 Å². The molecule has 8 nitrogen and oxygen atoms in total. The molecule has 0 aliphatic carbocycles. The molecule has 4 atom stereocenters. The van der Waals surface area contributed by atoms with Crippen LogP contribution in [0.1, 0.15) is 7.60 Å². The molecule has 102 valence electrons. The Labute approximate surface area is 108 Å². The van der Waals surface area contributed by atoms with Gasteiger partial charge in [0.2, 0.25) is 0 Å². The predicted octanol–water partition coefficient (Wildman–Crippen LogP) is -2.85. The van der Waals surface area contributed by atoms with E-state index in [9.17, 15) is 19.8 Å². The Morgan fingerprint density at radius 1 is 1.68 bits per heavy atom. The van der Waals surface area contributed by atoms with Crippen LogP contribution in [0, 0.1) is 12.3 Å². The molecule has 1 fully saturated rings. The van der Waals surface area contributed by atoms with Gasteiger partial charge in [0.1, 0.15) is 13.6 Å². The zero-order chi connectivity index (χ0) is 14.9. The molecular weight excluding hydrogens is 256 g/mol. The maximum absolute atomic E-state index is 11.7. The lowest BCUT2D eigenvalue weighted by Crippen LogP contribution is -2.49. The van der Waals surface area contributed by atoms with Crippen molar-refractivity contribution in [1.82, 2.24) is 9.55 Å². The second kappa shape index (κ2) is 4.64. The summed E-state index contributed by atoms with van der Waals surface area (Å²) < 4.78 is 12.5. The number of nitrogens with one attached hydrogen (secondary N) is 1. The van der Waals surface area contributed by atoms with E-state index in [1.54, 1.807) is 6.40 Å². The Hall–Kier alpha value is -1.92. The average Bonchev–Trinajstić information content (AvgIpc) is 2.64. The van der Waals surface area contributed by atoms with Gasteiger partial charge in [-0.1, -0.05) is 5.92 Å². The van der Waals surface area contributed by atoms with Crippen LogP contribution < -0.4 is 11.2 Å². The van der Waals surface area contributed by atoms with Crippen molar-refractivity contribution in [2.75, 3.05) is 6.61 Å². The number of rotatable bonds is 2. The summed E-state index contributed by atoms with van der Waals surface area (Å²) in [5.74, 6) is 2.02. The third-order valence-electron chi connectivity index (χ3n) is 3.03. The first-order valence-corrected chi connectivity index (χ1v) is 5.36. The van der Waals surface area contributed by atoms with E-state index in [1.807, 2.05) is 5.92 Å². The molecule has 1 unspecified atom stereocenters. The number of H-pyrrole nitrogens is 1. The minimum atomic E-state index is -2.25. The average molecular weight is 269 g/mol. The third kappa shape index (κ3) is 1.89. The lowest BCUT2D eigenvalue weighted by molar-refractivity contribution is -0.0632. The first-order valence-electron chi connectivity index (χ1n) is 5.86. The van der Waals surface area contributed by atoms with Gasteiger partial charge in [0.05, 0.1) is 6.61 Å². The van der Waals surface area contributed by atoms with Gasteiger partial charge in [0.15, 0.2) is 11.8 Å². The van der Waals surface area contributed by atoms with Crippen molar-refractivity contribution in [1.29, 1.82) is 0 Å². The van der Waals surface area contributed by atoms with E-state index in [0.717, 1.165) is 12.3 Å². The van der Waals surface area contributed by atoms with E-state index < -0.39 is 41.9 Å². The highest BCUT2D eigenvalue weighted by molar-refractivity contribution is 5.19. The SMILES string of the molecule is [2H]C#C[C@@]1(O)[C@@H](CO)OC(n2c(=O)cc[nH]c2=O)[C@@H]1O. The van der Waals surface area contributed by atoms with Crippen molar-refractivity contribution in [2.45, 2.75) is 24.0 Å². The normalized spacial score (nSPS) is 34.5. The molecule has 8 heteroatoms. The smallest absolute Gasteiger partial charge is 0.330 e. The Balaban J connectivity index is 2.53. The summed E-state index contributed by atoms with van der Waals surface area (Å²) in [5, 5.41) is 29.4. The highest BCUT2D eigenvalue weighted by atomic mass is 16.6. The molecule has 0 aromatic carbocycles. The number of aliphatic hydroxyl groups excluding tert-OH is 2. The number of hydrogen-bond acceptors (Lipinski definition) is 6. The number of aromatic amines is 1. The van der Waals surface area contributed by atoms with Crippen molar-refractivity contribution < 1.29 is 21.4 Å². The number of aliphatic hydroxyl groups is 3. The van der Waals surface area contributed by atoms with Gasteiger partial charge in [0, 0.05) is 12.3 Å². The molecule has 1 aliphatic heterocycles. The highest BCUT2D eigenvalue weighted by Gasteiger charge is 2.55. The van der Waals surface area contributed by atoms with Gasteiger partial charge in [-0.2, -0.15) is 0 Å². The maximum atomic E-state index is 11.7. The largest absolute Gasteiger partial charge is 0.394 e. The zero-order valence-electron chi connectivity index (χ0n) is 10.6. The number of ether oxygens (including phenoxy) is 1. The fourth-order valence-corrected chi connectivity index (χ4v) is 1.97. The van der Waals surface area contributed by atoms with Gasteiger partial charge >= 0.3 is 5.69 Å². The first-order chi connectivity index (χ1) is 9.45. The molecule has 1 aromatic heterocycles. The van der Waals surface area contributed by atoms with Crippen molar-refractivity contribution in [3.63, 3.8) is 0 Å². The molecule has 2 rings (SSSR count). The van der Waals surface area contributed by atoms with Gasteiger partial charge in [-0.15, -0.1) is 6.40 Å². The second-order valence-electron chi connectivity index (χ2n) is 4.08. The van der Waals surface area contributed by atoms with Crippen LogP contribution >= 0.6 is 0 Å². The number of nitrogens with zero attached hydrogens (tertiary/aromatic N) is 1. The first kappa shape index (κ1) is 12.1. The Kier molecular flexibility index (Phi) is 2.96. The molecule has 0 spiro atoms. The van der Waals surface area contributed by atoms with Crippen molar-refractivity contribution in [2.24, 2.45) is 0 Å². The number of terminal acetylenes is 1. The molecule has 4 N–H and O–H groups in total. The quantitative estimate of drug-likeness (QED) is 0.428. The minimum absolute atomic E-state index is 0.566. The number of hydrogen-bond donors (Lipinski definition) is 4. The lowest BCUT2D eigenvalue weighted by Gasteiger charge is -2.23. The molecule has 1 aromatic rings. The zero-order valence-corrected chi connectivity index (χ0v) is 9.61. The fraction of sp³-hybridized carbons (Fsp3) is 0.455. The van der Waals surface area contributed by atoms with Crippen LogP contribution in [0.2, 0.25) is 0 Å². The minimum Gasteiger partial charge on any atom is -0.394 e. The molecule has 0 radical (unpaired) electrons. The molecule has 0 amide bonds. The second-order valence-corrected chi connectivity index (χ2v) is 4.08. The van der Waals surface area contributed by atoms with Gasteiger partial charge < -0.3 is 25.0 Å². The summed E-state index contributed by atoms with van der Waals surface area (Å²) >= 11 is 0. The molecule has 2 heterocycles. The highest BCUT2D eigenvalue weighted by Crippen LogP contribution is 2.35. The van der Waals surface area contributed by atoms with Crippen molar-refractivity contribution in [3.8, 4) is 12.3 Å². The maximum Gasteiger partial charge on any atom is 0.330 e. The molecule has 1 aliphatic rings. The van der Waals surface area contributed by atoms with Crippen molar-refractivity contribution in [3.05, 3.63) is 33.1 Å². The Morgan fingerprint density at radius 3 is 3.00 bits per heavy atom. The molecule has 19 heavy (non-hydrogen) atoms. The summed E-state index contributed by atoms with van der Waals surface area (Å²) in [6, 6.07) is 1.04. The molecule has 1 saturated heterocycles. The van der Waals surface area contributed by atoms with E-state index in [1.165, 1.54) is 0 Å². The third-order valence-corrected chi connectivity index (χ3v) is 3.03. The summed E-state index contributed by atoms with van der Waals surface area (Å²) in [7, 11) is 0. The lowest BCUT2D eigenvalue weighted by atomic mass is 9.93. The van der Waals surface area contributed by atoms with Crippen LogP contribution in [0.15, 0.2) is 21.9 Å². The van der Waals surface area contributed by atoms with Crippen LogP contribution in [0.5, 0.6) is 0 Å². The fourth-order valence-electron chi connectivity index (χ4n) is 1.97. The van der Waals surface area contributed by atoms with E-state index >= 15 is 0 Å². The van der Waals surface area contributed by atoms with Crippen LogP contribution in [-0.2, 0) is 4.74 Å². The van der Waals surface area contributed by atoms with Gasteiger partial charge in [-0.3, -0.25) is 4.79 Å². The monoisotopic (exact) mass is 269 g/mol. The number of aromatic nitrogens is 2. The Bertz CT molecular complexity index is 645. The van der Waals surface area contributed by atoms with Crippen LogP contribution in [-0.4, -0.2) is 49.3 Å². The molecule has 0 saturated carbocycles. The van der Waals surface area contributed by atoms with E-state index in [2.05, 4.69) is 4.98 Å². The van der Waals surface area contributed by atoms with Crippen LogP contribution in [0.4, 0.5) is 0 Å². The summed E-state index contributed by atoms with van der Waals surface area (Å²) in [6.07, 6.45) is -1.85. The molecule has 0 bridgehead atoms. The van der Waals surface area contributed by atoms with E-state index in [4.69, 9.17) is 11.2 Å². The van der Waals surface area contributed by atoms with Gasteiger partial charge in [-0.05, 0) is 0 Å². The Morgan fingerprint density at radius 2 is 2.42 bits per heavy atom. The summed E-state index contributed by atoms with van der Waals surface area (Å²) in [4.78, 5) is 25.5. The topological polar surface area (TPSA) is 125 Å². The molecular formula is C11H12N2O6. The van der Waals surface area contributed by atoms with Crippen LogP contribution in [0.3, 0.4) is 0 Å². The van der Waals surface area contributed by atoms with Crippen LogP contribution in [0.25, 0.3) is 0 Å². The van der Waals surface area contributed by atoms with E-state index in [-0.39, 0.29) is 0 Å².